The summed E-state index contributed by atoms with van der Waals surface area (Å²) in [5.74, 6) is 0.662. The van der Waals surface area contributed by atoms with E-state index >= 15 is 0 Å². The summed E-state index contributed by atoms with van der Waals surface area (Å²) in [5, 5.41) is 12.1. The van der Waals surface area contributed by atoms with Gasteiger partial charge in [-0.2, -0.15) is 5.26 Å². The van der Waals surface area contributed by atoms with Crippen molar-refractivity contribution in [2.24, 2.45) is 0 Å². The van der Waals surface area contributed by atoms with E-state index in [1.54, 1.807) is 26.2 Å². The summed E-state index contributed by atoms with van der Waals surface area (Å²) in [6.07, 6.45) is 4.32. The molecule has 0 aliphatic heterocycles. The third-order valence-corrected chi connectivity index (χ3v) is 5.27. The molecule has 1 aromatic heterocycles. The van der Waals surface area contributed by atoms with Gasteiger partial charge in [-0.05, 0) is 38.0 Å². The van der Waals surface area contributed by atoms with Gasteiger partial charge in [-0.3, -0.25) is 4.79 Å². The molecule has 5 nitrogen and oxygen atoms in total. The van der Waals surface area contributed by atoms with Crippen LogP contribution in [-0.4, -0.2) is 24.5 Å². The fraction of sp³-hybridized carbons (Fsp3) is 0.381. The van der Waals surface area contributed by atoms with Gasteiger partial charge in [0.1, 0.15) is 17.5 Å². The van der Waals surface area contributed by atoms with Crippen molar-refractivity contribution in [2.45, 2.75) is 38.0 Å². The lowest BCUT2D eigenvalue weighted by molar-refractivity contribution is 0.0937. The van der Waals surface area contributed by atoms with Gasteiger partial charge < -0.3 is 10.1 Å². The summed E-state index contributed by atoms with van der Waals surface area (Å²) in [6, 6.07) is 13.4. The van der Waals surface area contributed by atoms with Gasteiger partial charge in [0.25, 0.3) is 5.91 Å². The second kappa shape index (κ2) is 7.57. The van der Waals surface area contributed by atoms with E-state index in [0.29, 0.717) is 23.5 Å². The lowest BCUT2D eigenvalue weighted by Gasteiger charge is -2.31. The third kappa shape index (κ3) is 3.41. The lowest BCUT2D eigenvalue weighted by atomic mass is 9.78. The van der Waals surface area contributed by atoms with Crippen LogP contribution in [-0.2, 0) is 5.41 Å². The molecule has 0 saturated heterocycles. The number of ether oxygens (including phenoxy) is 1. The molecule has 26 heavy (non-hydrogen) atoms. The average molecular weight is 349 g/mol. The Morgan fingerprint density at radius 2 is 2.00 bits per heavy atom. The molecular weight excluding hydrogens is 326 g/mol. The van der Waals surface area contributed by atoms with Crippen molar-refractivity contribution in [3.63, 3.8) is 0 Å². The zero-order chi connectivity index (χ0) is 18.6. The average Bonchev–Trinajstić information content (AvgIpc) is 3.16. The number of para-hydroxylation sites is 1. The molecule has 1 saturated carbocycles. The maximum absolute atomic E-state index is 12.6. The van der Waals surface area contributed by atoms with Crippen LogP contribution in [0.4, 0.5) is 0 Å². The second-order valence-electron chi connectivity index (χ2n) is 6.81. The molecule has 1 heterocycles. The first kappa shape index (κ1) is 17.9. The van der Waals surface area contributed by atoms with Gasteiger partial charge in [0.2, 0.25) is 0 Å². The van der Waals surface area contributed by atoms with Crippen molar-refractivity contribution in [1.82, 2.24) is 10.3 Å². The van der Waals surface area contributed by atoms with Crippen LogP contribution in [0.1, 0.15) is 53.0 Å². The third-order valence-electron chi connectivity index (χ3n) is 5.27. The van der Waals surface area contributed by atoms with Crippen LogP contribution in [0.15, 0.2) is 36.4 Å². The summed E-state index contributed by atoms with van der Waals surface area (Å²) in [7, 11) is 1.68. The molecule has 0 atom stereocenters. The van der Waals surface area contributed by atoms with Crippen molar-refractivity contribution in [1.29, 1.82) is 5.26 Å². The highest BCUT2D eigenvalue weighted by molar-refractivity contribution is 5.92. The Morgan fingerprint density at radius 1 is 1.27 bits per heavy atom. The molecule has 1 aliphatic carbocycles. The molecule has 0 bridgehead atoms. The minimum Gasteiger partial charge on any atom is -0.496 e. The number of pyridine rings is 1. The largest absolute Gasteiger partial charge is 0.496 e. The van der Waals surface area contributed by atoms with Crippen molar-refractivity contribution >= 4 is 5.91 Å². The van der Waals surface area contributed by atoms with Crippen LogP contribution in [0, 0.1) is 18.3 Å². The van der Waals surface area contributed by atoms with E-state index in [2.05, 4.69) is 22.4 Å². The second-order valence-corrected chi connectivity index (χ2v) is 6.81. The highest BCUT2D eigenvalue weighted by Crippen LogP contribution is 2.44. The molecule has 0 spiro atoms. The monoisotopic (exact) mass is 349 g/mol. The van der Waals surface area contributed by atoms with Gasteiger partial charge in [-0.1, -0.05) is 31.0 Å². The first-order valence-corrected chi connectivity index (χ1v) is 8.89. The first-order valence-electron chi connectivity index (χ1n) is 8.89. The maximum atomic E-state index is 12.6. The van der Waals surface area contributed by atoms with Crippen LogP contribution >= 0.6 is 0 Å². The highest BCUT2D eigenvalue weighted by Gasteiger charge is 2.38. The summed E-state index contributed by atoms with van der Waals surface area (Å²) in [6.45, 7) is 2.29. The fourth-order valence-corrected chi connectivity index (χ4v) is 3.82. The number of amides is 1. The van der Waals surface area contributed by atoms with E-state index in [9.17, 15) is 4.79 Å². The Balaban J connectivity index is 1.80. The number of carbonyl (C=O) groups is 1. The number of nitriles is 1. The molecule has 0 radical (unpaired) electrons. The molecule has 1 aliphatic rings. The number of benzene rings is 1. The van der Waals surface area contributed by atoms with Gasteiger partial charge in [0.05, 0.1) is 18.4 Å². The number of methoxy groups -OCH3 is 1. The Morgan fingerprint density at radius 3 is 2.65 bits per heavy atom. The minimum absolute atomic E-state index is 0.107. The number of carbonyl (C=O) groups excluding carboxylic acids is 1. The van der Waals surface area contributed by atoms with E-state index < -0.39 is 0 Å². The number of rotatable bonds is 5. The predicted octanol–water partition coefficient (Wildman–Crippen LogP) is 3.51. The molecule has 3 rings (SSSR count). The Hall–Kier alpha value is -2.87. The molecule has 1 N–H and O–H groups in total. The van der Waals surface area contributed by atoms with Crippen molar-refractivity contribution in [2.75, 3.05) is 13.7 Å². The van der Waals surface area contributed by atoms with Crippen LogP contribution in [0.25, 0.3) is 0 Å². The summed E-state index contributed by atoms with van der Waals surface area (Å²) in [4.78, 5) is 16.9. The molecule has 5 heteroatoms. The zero-order valence-corrected chi connectivity index (χ0v) is 15.2. The number of nitrogens with zero attached hydrogens (tertiary/aromatic N) is 2. The van der Waals surface area contributed by atoms with Crippen LogP contribution in [0.3, 0.4) is 0 Å². The van der Waals surface area contributed by atoms with E-state index in [1.165, 1.54) is 0 Å². The van der Waals surface area contributed by atoms with Crippen molar-refractivity contribution in [3.8, 4) is 11.8 Å². The van der Waals surface area contributed by atoms with Gasteiger partial charge in [0, 0.05) is 17.5 Å². The van der Waals surface area contributed by atoms with Crippen LogP contribution in [0.2, 0.25) is 0 Å². The molecular formula is C21H23N3O2. The number of hydrogen-bond donors (Lipinski definition) is 1. The smallest absolute Gasteiger partial charge is 0.269 e. The molecule has 2 aromatic rings. The predicted molar refractivity (Wildman–Crippen MR) is 99.2 cm³/mol. The molecule has 1 fully saturated rings. The van der Waals surface area contributed by atoms with E-state index in [1.807, 2.05) is 18.2 Å². The quantitative estimate of drug-likeness (QED) is 0.896. The lowest BCUT2D eigenvalue weighted by Crippen LogP contribution is -2.39. The van der Waals surface area contributed by atoms with E-state index in [4.69, 9.17) is 10.00 Å². The van der Waals surface area contributed by atoms with E-state index in [0.717, 1.165) is 37.0 Å². The normalized spacial score (nSPS) is 15.3. The van der Waals surface area contributed by atoms with Gasteiger partial charge in [0.15, 0.2) is 0 Å². The van der Waals surface area contributed by atoms with Crippen molar-refractivity contribution in [3.05, 3.63) is 58.9 Å². The minimum atomic E-state index is -0.209. The summed E-state index contributed by atoms with van der Waals surface area (Å²) < 4.78 is 5.56. The van der Waals surface area contributed by atoms with Gasteiger partial charge >= 0.3 is 0 Å². The van der Waals surface area contributed by atoms with E-state index in [-0.39, 0.29) is 11.3 Å². The number of nitrogens with one attached hydrogen (secondary N) is 1. The topological polar surface area (TPSA) is 75.0 Å². The van der Waals surface area contributed by atoms with Crippen LogP contribution < -0.4 is 10.1 Å². The Labute approximate surface area is 154 Å². The number of hydrogen-bond acceptors (Lipinski definition) is 4. The van der Waals surface area contributed by atoms with Crippen LogP contribution in [0.5, 0.6) is 5.75 Å². The number of aryl methyl sites for hydroxylation is 1. The highest BCUT2D eigenvalue weighted by atomic mass is 16.5. The Bertz CT molecular complexity index is 849. The van der Waals surface area contributed by atoms with Gasteiger partial charge in [-0.15, -0.1) is 0 Å². The standard InChI is InChI=1S/C21H23N3O2/c1-15-16(13-22)9-10-18(24-15)20(25)23-14-21(11-5-6-12-21)17-7-3-4-8-19(17)26-2/h3-4,7-10H,5-6,11-12,14H2,1-2H3,(H,23,25). The first-order chi connectivity index (χ1) is 12.6. The zero-order valence-electron chi connectivity index (χ0n) is 15.2. The van der Waals surface area contributed by atoms with Crippen molar-refractivity contribution < 1.29 is 9.53 Å². The molecule has 134 valence electrons. The molecule has 1 aromatic carbocycles. The SMILES string of the molecule is COc1ccccc1C1(CNC(=O)c2ccc(C#N)c(C)n2)CCCC1. The Kier molecular flexibility index (Phi) is 5.22. The maximum Gasteiger partial charge on any atom is 0.269 e. The fourth-order valence-electron chi connectivity index (χ4n) is 3.82. The summed E-state index contributed by atoms with van der Waals surface area (Å²) >= 11 is 0. The summed E-state index contributed by atoms with van der Waals surface area (Å²) in [5.41, 5.74) is 2.45. The number of aromatic nitrogens is 1. The molecule has 1 amide bonds. The molecule has 0 unspecified atom stereocenters. The van der Waals surface area contributed by atoms with Gasteiger partial charge in [-0.25, -0.2) is 4.98 Å².